The monoisotopic (exact) mass is 380 g/mol. The van der Waals surface area contributed by atoms with Crippen LogP contribution in [-0.4, -0.2) is 43.4 Å². The fraction of sp³-hybridized carbons (Fsp3) is 0.381. The number of rotatable bonds is 5. The number of aromatic amines is 1. The van der Waals surface area contributed by atoms with Gasteiger partial charge in [-0.15, -0.1) is 0 Å². The lowest BCUT2D eigenvalue weighted by atomic mass is 10.0. The number of hydrogen-bond acceptors (Lipinski definition) is 4. The van der Waals surface area contributed by atoms with Crippen LogP contribution >= 0.6 is 0 Å². The highest BCUT2D eigenvalue weighted by Crippen LogP contribution is 2.23. The fourth-order valence-corrected chi connectivity index (χ4v) is 3.88. The van der Waals surface area contributed by atoms with E-state index in [1.165, 1.54) is 25.3 Å². The molecule has 0 saturated carbocycles. The molecule has 0 radical (unpaired) electrons. The Balaban J connectivity index is 1.69. The third-order valence-corrected chi connectivity index (χ3v) is 5.36. The van der Waals surface area contributed by atoms with Crippen molar-refractivity contribution < 1.29 is 9.90 Å². The second-order valence-corrected chi connectivity index (χ2v) is 7.32. The summed E-state index contributed by atoms with van der Waals surface area (Å²) in [5.41, 5.74) is 3.36. The van der Waals surface area contributed by atoms with Crippen LogP contribution in [0.2, 0.25) is 0 Å². The number of piperidine rings is 1. The Morgan fingerprint density at radius 2 is 2.00 bits per heavy atom. The molecule has 2 N–H and O–H groups in total. The maximum absolute atomic E-state index is 12.2. The molecule has 3 aromatic heterocycles. The smallest absolute Gasteiger partial charge is 0.341 e. The van der Waals surface area contributed by atoms with Gasteiger partial charge in [0.1, 0.15) is 11.2 Å². The number of fused-ring (bicyclic) bond motifs is 1. The molecule has 1 fully saturated rings. The summed E-state index contributed by atoms with van der Waals surface area (Å²) < 4.78 is 1.97. The molecule has 1 aliphatic rings. The highest BCUT2D eigenvalue weighted by molar-refractivity contribution is 5.88. The van der Waals surface area contributed by atoms with E-state index >= 15 is 0 Å². The molecule has 0 aromatic carbocycles. The van der Waals surface area contributed by atoms with Crippen molar-refractivity contribution in [2.75, 3.05) is 13.1 Å². The first-order valence-electron chi connectivity index (χ1n) is 9.75. The topological polar surface area (TPSA) is 90.7 Å². The van der Waals surface area contributed by atoms with Gasteiger partial charge in [0.05, 0.1) is 11.4 Å². The molecule has 4 rings (SSSR count). The zero-order chi connectivity index (χ0) is 19.7. The van der Waals surface area contributed by atoms with Gasteiger partial charge < -0.3 is 14.5 Å². The van der Waals surface area contributed by atoms with E-state index in [2.05, 4.69) is 9.88 Å². The van der Waals surface area contributed by atoms with Crippen molar-refractivity contribution in [1.29, 1.82) is 0 Å². The van der Waals surface area contributed by atoms with Crippen molar-refractivity contribution in [3.05, 3.63) is 57.8 Å². The lowest BCUT2D eigenvalue weighted by molar-refractivity contribution is 0.0695. The summed E-state index contributed by atoms with van der Waals surface area (Å²) in [4.78, 5) is 33.3. The summed E-state index contributed by atoms with van der Waals surface area (Å²) in [5, 5.41) is 9.19. The lowest BCUT2D eigenvalue weighted by Gasteiger charge is -2.25. The van der Waals surface area contributed by atoms with Gasteiger partial charge in [0.15, 0.2) is 0 Å². The van der Waals surface area contributed by atoms with Gasteiger partial charge in [0.2, 0.25) is 0 Å². The van der Waals surface area contributed by atoms with Crippen LogP contribution in [-0.2, 0) is 13.0 Å². The minimum Gasteiger partial charge on any atom is -0.477 e. The van der Waals surface area contributed by atoms with Crippen molar-refractivity contribution >= 4 is 11.6 Å². The van der Waals surface area contributed by atoms with Crippen LogP contribution in [0.4, 0.5) is 0 Å². The second kappa shape index (κ2) is 7.59. The second-order valence-electron chi connectivity index (χ2n) is 7.32. The van der Waals surface area contributed by atoms with Gasteiger partial charge >= 0.3 is 5.97 Å². The van der Waals surface area contributed by atoms with E-state index < -0.39 is 11.5 Å². The van der Waals surface area contributed by atoms with Gasteiger partial charge in [-0.2, -0.15) is 0 Å². The third-order valence-electron chi connectivity index (χ3n) is 5.36. The van der Waals surface area contributed by atoms with Crippen LogP contribution in [0.25, 0.3) is 16.9 Å². The lowest BCUT2D eigenvalue weighted by Crippen LogP contribution is -2.29. The van der Waals surface area contributed by atoms with Crippen LogP contribution in [0.3, 0.4) is 0 Å². The summed E-state index contributed by atoms with van der Waals surface area (Å²) in [6, 6.07) is 5.31. The SMILES string of the molecule is CCc1cc(C(=O)O)c(=O)[nH]c1-c1ccc2nc(CN3CCCCC3)cn2c1. The maximum Gasteiger partial charge on any atom is 0.341 e. The molecule has 3 aromatic rings. The summed E-state index contributed by atoms with van der Waals surface area (Å²) in [6.07, 6.45) is 8.39. The van der Waals surface area contributed by atoms with Gasteiger partial charge in [0.25, 0.3) is 5.56 Å². The normalized spacial score (nSPS) is 15.2. The number of H-pyrrole nitrogens is 1. The molecule has 0 spiro atoms. The van der Waals surface area contributed by atoms with Crippen molar-refractivity contribution in [3.63, 3.8) is 0 Å². The first-order chi connectivity index (χ1) is 13.5. The van der Waals surface area contributed by atoms with Gasteiger partial charge in [-0.1, -0.05) is 13.3 Å². The highest BCUT2D eigenvalue weighted by atomic mass is 16.4. The van der Waals surface area contributed by atoms with Crippen molar-refractivity contribution in [1.82, 2.24) is 19.3 Å². The molecular weight excluding hydrogens is 356 g/mol. The number of aryl methyl sites for hydroxylation is 1. The number of nitrogens with one attached hydrogen (secondary N) is 1. The molecule has 0 bridgehead atoms. The van der Waals surface area contributed by atoms with E-state index in [1.807, 2.05) is 35.9 Å². The number of aromatic nitrogens is 3. The molecule has 146 valence electrons. The van der Waals surface area contributed by atoms with Crippen LogP contribution in [0, 0.1) is 0 Å². The number of carboxylic acid groups (broad SMARTS) is 1. The van der Waals surface area contributed by atoms with E-state index in [0.717, 1.165) is 42.1 Å². The minimum atomic E-state index is -1.21. The van der Waals surface area contributed by atoms with Crippen molar-refractivity contribution in [2.24, 2.45) is 0 Å². The molecule has 28 heavy (non-hydrogen) atoms. The highest BCUT2D eigenvalue weighted by Gasteiger charge is 2.16. The first-order valence-corrected chi connectivity index (χ1v) is 9.75. The zero-order valence-corrected chi connectivity index (χ0v) is 15.9. The molecule has 4 heterocycles. The Labute approximate surface area is 162 Å². The molecule has 1 saturated heterocycles. The van der Waals surface area contributed by atoms with Gasteiger partial charge in [0, 0.05) is 24.5 Å². The fourth-order valence-electron chi connectivity index (χ4n) is 3.88. The molecule has 0 aliphatic carbocycles. The predicted octanol–water partition coefficient (Wildman–Crippen LogP) is 2.94. The number of hydrogen-bond donors (Lipinski definition) is 2. The summed E-state index contributed by atoms with van der Waals surface area (Å²) in [5.74, 6) is -1.21. The van der Waals surface area contributed by atoms with Crippen LogP contribution < -0.4 is 5.56 Å². The average molecular weight is 380 g/mol. The van der Waals surface area contributed by atoms with Crippen molar-refractivity contribution in [2.45, 2.75) is 39.2 Å². The van der Waals surface area contributed by atoms with Gasteiger partial charge in [-0.05, 0) is 56.1 Å². The Morgan fingerprint density at radius 1 is 1.21 bits per heavy atom. The largest absolute Gasteiger partial charge is 0.477 e. The summed E-state index contributed by atoms with van der Waals surface area (Å²) >= 11 is 0. The Hall–Kier alpha value is -2.93. The summed E-state index contributed by atoms with van der Waals surface area (Å²) in [6.45, 7) is 5.03. The van der Waals surface area contributed by atoms with Crippen LogP contribution in [0.15, 0.2) is 35.4 Å². The predicted molar refractivity (Wildman–Crippen MR) is 107 cm³/mol. The first kappa shape index (κ1) is 18.4. The van der Waals surface area contributed by atoms with Crippen molar-refractivity contribution in [3.8, 4) is 11.3 Å². The van der Waals surface area contributed by atoms with Gasteiger partial charge in [-0.3, -0.25) is 9.69 Å². The molecule has 1 aliphatic heterocycles. The quantitative estimate of drug-likeness (QED) is 0.710. The number of imidazole rings is 1. The molecule has 7 heteroatoms. The van der Waals surface area contributed by atoms with E-state index in [-0.39, 0.29) is 5.56 Å². The standard InChI is InChI=1S/C21H24N4O3/c1-2-14-10-17(21(27)28)20(26)23-19(14)15-6-7-18-22-16(13-25(18)11-15)12-24-8-4-3-5-9-24/h6-7,10-11,13H,2-5,8-9,12H2,1H3,(H,23,26)(H,27,28). The van der Waals surface area contributed by atoms with E-state index in [9.17, 15) is 14.7 Å². The molecule has 0 unspecified atom stereocenters. The maximum atomic E-state index is 12.2. The van der Waals surface area contributed by atoms with E-state index in [1.54, 1.807) is 0 Å². The number of nitrogens with zero attached hydrogens (tertiary/aromatic N) is 3. The number of pyridine rings is 2. The number of carboxylic acids is 1. The number of likely N-dealkylation sites (tertiary alicyclic amines) is 1. The third kappa shape index (κ3) is 3.57. The number of carbonyl (C=O) groups is 1. The van der Waals surface area contributed by atoms with E-state index in [0.29, 0.717) is 12.1 Å². The van der Waals surface area contributed by atoms with Crippen LogP contribution in [0.5, 0.6) is 0 Å². The molecular formula is C21H24N4O3. The molecule has 0 atom stereocenters. The van der Waals surface area contributed by atoms with Crippen LogP contribution in [0.1, 0.15) is 47.8 Å². The zero-order valence-electron chi connectivity index (χ0n) is 15.9. The average Bonchev–Trinajstić information content (AvgIpc) is 3.09. The number of aromatic carboxylic acids is 1. The Morgan fingerprint density at radius 3 is 2.71 bits per heavy atom. The molecule has 0 amide bonds. The van der Waals surface area contributed by atoms with E-state index in [4.69, 9.17) is 4.98 Å². The Bertz CT molecular complexity index is 1080. The van der Waals surface area contributed by atoms with Gasteiger partial charge in [-0.25, -0.2) is 9.78 Å². The summed E-state index contributed by atoms with van der Waals surface area (Å²) in [7, 11) is 0. The molecule has 7 nitrogen and oxygen atoms in total. The minimum absolute atomic E-state index is 0.229. The Kier molecular flexibility index (Phi) is 5.00.